The van der Waals surface area contributed by atoms with E-state index in [1.54, 1.807) is 10.9 Å². The maximum atomic E-state index is 12.7. The van der Waals surface area contributed by atoms with E-state index in [0.717, 1.165) is 36.4 Å². The van der Waals surface area contributed by atoms with Crippen LogP contribution < -0.4 is 9.47 Å². The first-order chi connectivity index (χ1) is 11.3. The number of fused-ring (bicyclic) bond motifs is 1. The lowest BCUT2D eigenvalue weighted by Crippen LogP contribution is -2.39. The largest absolute Gasteiger partial charge is 0.454 e. The lowest BCUT2D eigenvalue weighted by Gasteiger charge is -2.24. The second kappa shape index (κ2) is 5.91. The first kappa shape index (κ1) is 14.0. The van der Waals surface area contributed by atoms with Gasteiger partial charge in [0.05, 0.1) is 25.2 Å². The summed E-state index contributed by atoms with van der Waals surface area (Å²) < 4.78 is 12.5. The van der Waals surface area contributed by atoms with Gasteiger partial charge in [-0.25, -0.2) is 0 Å². The van der Waals surface area contributed by atoms with Crippen molar-refractivity contribution in [2.75, 3.05) is 13.3 Å². The molecule has 1 saturated heterocycles. The second-order valence-corrected chi connectivity index (χ2v) is 5.87. The zero-order valence-corrected chi connectivity index (χ0v) is 12.7. The molecule has 7 nitrogen and oxygen atoms in total. The Hall–Kier alpha value is -2.57. The summed E-state index contributed by atoms with van der Waals surface area (Å²) in [6.07, 6.45) is 5.91. The van der Waals surface area contributed by atoms with Crippen molar-refractivity contribution in [1.82, 2.24) is 19.9 Å². The standard InChI is InChI=1S/C16H18N4O3/c21-16(9-12-3-4-14-15(8-12)23-11-22-14)20-6-1-2-13(20)10-19-7-5-17-18-19/h3-5,7-8,13H,1-2,6,9-11H2/t13-/m0/s1. The molecule has 4 rings (SSSR count). The van der Waals surface area contributed by atoms with Crippen molar-refractivity contribution in [3.05, 3.63) is 36.2 Å². The molecule has 3 heterocycles. The van der Waals surface area contributed by atoms with Gasteiger partial charge in [0.1, 0.15) is 0 Å². The zero-order chi connectivity index (χ0) is 15.6. The van der Waals surface area contributed by atoms with E-state index in [9.17, 15) is 4.79 Å². The number of aromatic nitrogens is 3. The predicted octanol–water partition coefficient (Wildman–Crippen LogP) is 1.24. The van der Waals surface area contributed by atoms with Crippen LogP contribution in [0.2, 0.25) is 0 Å². The summed E-state index contributed by atoms with van der Waals surface area (Å²) in [5.41, 5.74) is 0.950. The van der Waals surface area contributed by atoms with Gasteiger partial charge in [0.25, 0.3) is 0 Å². The van der Waals surface area contributed by atoms with Crippen LogP contribution in [0.25, 0.3) is 0 Å². The van der Waals surface area contributed by atoms with Gasteiger partial charge in [0.15, 0.2) is 11.5 Å². The van der Waals surface area contributed by atoms with E-state index >= 15 is 0 Å². The lowest BCUT2D eigenvalue weighted by molar-refractivity contribution is -0.131. The molecule has 0 unspecified atom stereocenters. The highest BCUT2D eigenvalue weighted by Crippen LogP contribution is 2.33. The fourth-order valence-electron chi connectivity index (χ4n) is 3.23. The number of ether oxygens (including phenoxy) is 2. The third-order valence-electron chi connectivity index (χ3n) is 4.36. The van der Waals surface area contributed by atoms with Crippen molar-refractivity contribution in [3.63, 3.8) is 0 Å². The smallest absolute Gasteiger partial charge is 0.231 e. The maximum absolute atomic E-state index is 12.7. The van der Waals surface area contributed by atoms with Crippen LogP contribution in [-0.4, -0.2) is 45.2 Å². The minimum atomic E-state index is 0.145. The van der Waals surface area contributed by atoms with Crippen LogP contribution in [0.1, 0.15) is 18.4 Å². The Kier molecular flexibility index (Phi) is 3.61. The molecule has 0 spiro atoms. The number of likely N-dealkylation sites (tertiary alicyclic amines) is 1. The van der Waals surface area contributed by atoms with Gasteiger partial charge in [-0.1, -0.05) is 11.3 Å². The Bertz CT molecular complexity index is 701. The topological polar surface area (TPSA) is 69.5 Å². The number of carbonyl (C=O) groups is 1. The highest BCUT2D eigenvalue weighted by Gasteiger charge is 2.29. The van der Waals surface area contributed by atoms with Gasteiger partial charge in [0.2, 0.25) is 12.7 Å². The Morgan fingerprint density at radius 3 is 3.09 bits per heavy atom. The maximum Gasteiger partial charge on any atom is 0.231 e. The number of hydrogen-bond donors (Lipinski definition) is 0. The van der Waals surface area contributed by atoms with Crippen molar-refractivity contribution in [3.8, 4) is 11.5 Å². The van der Waals surface area contributed by atoms with Crippen LogP contribution in [0, 0.1) is 0 Å². The number of nitrogens with zero attached hydrogens (tertiary/aromatic N) is 4. The van der Waals surface area contributed by atoms with Gasteiger partial charge in [-0.15, -0.1) is 5.10 Å². The molecule has 0 aliphatic carbocycles. The van der Waals surface area contributed by atoms with E-state index < -0.39 is 0 Å². The third kappa shape index (κ3) is 2.86. The van der Waals surface area contributed by atoms with Crippen molar-refractivity contribution >= 4 is 5.91 Å². The van der Waals surface area contributed by atoms with Crippen LogP contribution in [-0.2, 0) is 17.8 Å². The van der Waals surface area contributed by atoms with Gasteiger partial charge in [0, 0.05) is 12.7 Å². The molecule has 1 amide bonds. The normalized spacial score (nSPS) is 19.3. The molecule has 7 heteroatoms. The third-order valence-corrected chi connectivity index (χ3v) is 4.36. The molecule has 0 bridgehead atoms. The minimum absolute atomic E-state index is 0.145. The van der Waals surface area contributed by atoms with E-state index in [-0.39, 0.29) is 18.7 Å². The highest BCUT2D eigenvalue weighted by molar-refractivity contribution is 5.79. The SMILES string of the molecule is O=C(Cc1ccc2c(c1)OCO2)N1CCC[C@H]1Cn1ccnn1. The van der Waals surface area contributed by atoms with Crippen LogP contribution in [0.15, 0.2) is 30.6 Å². The van der Waals surface area contributed by atoms with E-state index in [1.165, 1.54) is 0 Å². The van der Waals surface area contributed by atoms with Crippen molar-refractivity contribution < 1.29 is 14.3 Å². The summed E-state index contributed by atoms with van der Waals surface area (Å²) in [6, 6.07) is 5.87. The quantitative estimate of drug-likeness (QED) is 0.849. The van der Waals surface area contributed by atoms with E-state index in [0.29, 0.717) is 13.0 Å². The molecule has 1 aromatic carbocycles. The van der Waals surface area contributed by atoms with Crippen molar-refractivity contribution in [2.45, 2.75) is 31.8 Å². The summed E-state index contributed by atoms with van der Waals surface area (Å²) >= 11 is 0. The first-order valence-corrected chi connectivity index (χ1v) is 7.82. The van der Waals surface area contributed by atoms with E-state index in [1.807, 2.05) is 29.3 Å². The molecule has 1 atom stereocenters. The Balaban J connectivity index is 1.43. The Morgan fingerprint density at radius 2 is 2.22 bits per heavy atom. The first-order valence-electron chi connectivity index (χ1n) is 7.82. The number of carbonyl (C=O) groups excluding carboxylic acids is 1. The van der Waals surface area contributed by atoms with Gasteiger partial charge < -0.3 is 14.4 Å². The Labute approximate surface area is 133 Å². The summed E-state index contributed by atoms with van der Waals surface area (Å²) in [7, 11) is 0. The fraction of sp³-hybridized carbons (Fsp3) is 0.438. The molecule has 0 radical (unpaired) electrons. The second-order valence-electron chi connectivity index (χ2n) is 5.87. The number of amides is 1. The summed E-state index contributed by atoms with van der Waals surface area (Å²) in [4.78, 5) is 14.6. The molecule has 1 fully saturated rings. The van der Waals surface area contributed by atoms with Crippen LogP contribution in [0.5, 0.6) is 11.5 Å². The van der Waals surface area contributed by atoms with Gasteiger partial charge in [-0.3, -0.25) is 9.48 Å². The minimum Gasteiger partial charge on any atom is -0.454 e. The van der Waals surface area contributed by atoms with E-state index in [4.69, 9.17) is 9.47 Å². The van der Waals surface area contributed by atoms with Gasteiger partial charge in [-0.05, 0) is 30.5 Å². The lowest BCUT2D eigenvalue weighted by atomic mass is 10.1. The zero-order valence-electron chi connectivity index (χ0n) is 12.7. The van der Waals surface area contributed by atoms with Crippen molar-refractivity contribution in [1.29, 1.82) is 0 Å². The molecular formula is C16H18N4O3. The van der Waals surface area contributed by atoms with Crippen molar-refractivity contribution in [2.24, 2.45) is 0 Å². The monoisotopic (exact) mass is 314 g/mol. The summed E-state index contributed by atoms with van der Waals surface area (Å²) in [5, 5.41) is 7.81. The molecule has 2 aliphatic heterocycles. The van der Waals surface area contributed by atoms with Gasteiger partial charge in [-0.2, -0.15) is 0 Å². The molecule has 0 saturated carbocycles. The summed E-state index contributed by atoms with van der Waals surface area (Å²) in [6.45, 7) is 1.76. The Morgan fingerprint density at radius 1 is 1.30 bits per heavy atom. The summed E-state index contributed by atoms with van der Waals surface area (Å²) in [5.74, 6) is 1.61. The predicted molar refractivity (Wildman–Crippen MR) is 81.0 cm³/mol. The average molecular weight is 314 g/mol. The molecule has 0 N–H and O–H groups in total. The highest BCUT2D eigenvalue weighted by atomic mass is 16.7. The van der Waals surface area contributed by atoms with Crippen LogP contribution in [0.4, 0.5) is 0 Å². The van der Waals surface area contributed by atoms with E-state index in [2.05, 4.69) is 10.3 Å². The number of benzene rings is 1. The van der Waals surface area contributed by atoms with Crippen LogP contribution >= 0.6 is 0 Å². The molecule has 23 heavy (non-hydrogen) atoms. The molecule has 2 aromatic rings. The molecule has 120 valence electrons. The van der Waals surface area contributed by atoms with Gasteiger partial charge >= 0.3 is 0 Å². The molecular weight excluding hydrogens is 296 g/mol. The molecule has 2 aliphatic rings. The molecule has 1 aromatic heterocycles. The van der Waals surface area contributed by atoms with Crippen LogP contribution in [0.3, 0.4) is 0 Å². The number of hydrogen-bond acceptors (Lipinski definition) is 5. The fourth-order valence-corrected chi connectivity index (χ4v) is 3.23. The average Bonchev–Trinajstić information content (AvgIpc) is 3.28. The number of rotatable bonds is 4.